The maximum atomic E-state index is 13.3. The van der Waals surface area contributed by atoms with Crippen LogP contribution in [0, 0.1) is 37.9 Å². The Bertz CT molecular complexity index is 1090. The summed E-state index contributed by atoms with van der Waals surface area (Å²) >= 11 is 3.02. The van der Waals surface area contributed by atoms with Gasteiger partial charge in [0.1, 0.15) is 21.5 Å². The number of hydrogen-bond donors (Lipinski definition) is 0. The number of hydrogen-bond acceptors (Lipinski definition) is 6. The van der Waals surface area contributed by atoms with Gasteiger partial charge < -0.3 is 4.90 Å². The monoisotopic (exact) mass is 428 g/mol. The summed E-state index contributed by atoms with van der Waals surface area (Å²) in [6.45, 7) is 8.02. The predicted octanol–water partition coefficient (Wildman–Crippen LogP) is 5.18. The third kappa shape index (κ3) is 4.57. The van der Waals surface area contributed by atoms with E-state index in [2.05, 4.69) is 23.0 Å². The molecule has 8 heteroatoms. The number of nitrogens with zero attached hydrogens (tertiary/aromatic N) is 4. The van der Waals surface area contributed by atoms with E-state index in [9.17, 15) is 9.18 Å². The lowest BCUT2D eigenvalue weighted by Crippen LogP contribution is -2.37. The quantitative estimate of drug-likeness (QED) is 0.399. The smallest absolute Gasteiger partial charge is 0.240 e. The molecule has 3 rings (SSSR count). The van der Waals surface area contributed by atoms with Crippen LogP contribution in [0.4, 0.5) is 10.1 Å². The van der Waals surface area contributed by atoms with E-state index in [1.807, 2.05) is 20.8 Å². The van der Waals surface area contributed by atoms with Crippen molar-refractivity contribution in [2.24, 2.45) is 0 Å². The number of rotatable bonds is 6. The van der Waals surface area contributed by atoms with Gasteiger partial charge in [-0.15, -0.1) is 11.3 Å². The highest BCUT2D eigenvalue weighted by Crippen LogP contribution is 2.37. The number of carbonyl (C=O) groups excluding carboxylic acids is 1. The highest BCUT2D eigenvalue weighted by molar-refractivity contribution is 8.00. The van der Waals surface area contributed by atoms with E-state index >= 15 is 0 Å². The normalized spacial score (nSPS) is 12.0. The van der Waals surface area contributed by atoms with Crippen molar-refractivity contribution in [3.05, 3.63) is 46.3 Å². The van der Waals surface area contributed by atoms with Crippen LogP contribution >= 0.6 is 23.1 Å². The number of fused-ring (bicyclic) bond motifs is 1. The van der Waals surface area contributed by atoms with E-state index in [1.165, 1.54) is 33.7 Å². The minimum absolute atomic E-state index is 0.147. The lowest BCUT2D eigenvalue weighted by Gasteiger charge is -2.25. The summed E-state index contributed by atoms with van der Waals surface area (Å²) in [5.74, 6) is 0.151. The van der Waals surface area contributed by atoms with E-state index in [0.29, 0.717) is 11.5 Å². The molecule has 2 aromatic heterocycles. The molecule has 1 amide bonds. The average Bonchev–Trinajstić information content (AvgIpc) is 2.96. The van der Waals surface area contributed by atoms with Gasteiger partial charge in [-0.05, 0) is 57.5 Å². The van der Waals surface area contributed by atoms with Crippen molar-refractivity contribution in [2.75, 3.05) is 11.4 Å². The number of amides is 1. The molecule has 0 aliphatic rings. The third-order valence-electron chi connectivity index (χ3n) is 4.60. The van der Waals surface area contributed by atoms with E-state index in [0.717, 1.165) is 20.8 Å². The second-order valence-corrected chi connectivity index (χ2v) is 9.21. The molecular formula is C21H21FN4OS2. The number of nitriles is 1. The molecule has 0 saturated heterocycles. The van der Waals surface area contributed by atoms with Crippen LogP contribution in [0.15, 0.2) is 29.3 Å². The fourth-order valence-electron chi connectivity index (χ4n) is 2.99. The highest BCUT2D eigenvalue weighted by Gasteiger charge is 2.25. The Morgan fingerprint density at radius 3 is 2.62 bits per heavy atom. The van der Waals surface area contributed by atoms with Gasteiger partial charge in [0.05, 0.1) is 17.7 Å². The minimum atomic E-state index is -0.434. The fourth-order valence-corrected chi connectivity index (χ4v) is 5.24. The molecular weight excluding hydrogens is 407 g/mol. The topological polar surface area (TPSA) is 69.9 Å². The van der Waals surface area contributed by atoms with Crippen LogP contribution in [-0.2, 0) is 4.79 Å². The fraction of sp³-hybridized carbons (Fsp3) is 0.333. The molecule has 0 saturated carbocycles. The second kappa shape index (κ2) is 8.89. The zero-order chi connectivity index (χ0) is 21.1. The number of benzene rings is 1. The maximum Gasteiger partial charge on any atom is 0.240 e. The molecule has 0 fully saturated rings. The zero-order valence-electron chi connectivity index (χ0n) is 16.7. The number of anilines is 1. The van der Waals surface area contributed by atoms with Crippen LogP contribution in [0.3, 0.4) is 0 Å². The molecule has 0 aliphatic heterocycles. The molecule has 0 N–H and O–H groups in total. The predicted molar refractivity (Wildman–Crippen MR) is 116 cm³/mol. The first kappa shape index (κ1) is 21.2. The Balaban J connectivity index is 1.91. The number of carbonyl (C=O) groups is 1. The van der Waals surface area contributed by atoms with Crippen LogP contribution < -0.4 is 4.90 Å². The molecule has 1 atom stereocenters. The van der Waals surface area contributed by atoms with Crippen molar-refractivity contribution in [3.63, 3.8) is 0 Å². The maximum absolute atomic E-state index is 13.3. The minimum Gasteiger partial charge on any atom is -0.310 e. The number of aryl methyl sites for hydroxylation is 3. The van der Waals surface area contributed by atoms with Gasteiger partial charge in [-0.25, -0.2) is 14.4 Å². The molecule has 3 aromatic rings. The van der Waals surface area contributed by atoms with E-state index in [4.69, 9.17) is 5.26 Å². The first-order valence-electron chi connectivity index (χ1n) is 9.16. The molecule has 0 spiro atoms. The van der Waals surface area contributed by atoms with Crippen LogP contribution in [-0.4, -0.2) is 27.7 Å². The summed E-state index contributed by atoms with van der Waals surface area (Å²) in [6.07, 6.45) is 0.195. The van der Waals surface area contributed by atoms with Crippen LogP contribution in [0.25, 0.3) is 10.2 Å². The average molecular weight is 429 g/mol. The van der Waals surface area contributed by atoms with Crippen molar-refractivity contribution in [1.29, 1.82) is 5.26 Å². The summed E-state index contributed by atoms with van der Waals surface area (Å²) in [4.78, 5) is 26.0. The van der Waals surface area contributed by atoms with Gasteiger partial charge in [0.2, 0.25) is 5.91 Å². The summed E-state index contributed by atoms with van der Waals surface area (Å²) < 4.78 is 13.3. The molecule has 2 heterocycles. The summed E-state index contributed by atoms with van der Waals surface area (Å²) in [5.41, 5.74) is 1.71. The number of aromatic nitrogens is 2. The number of halogens is 1. The Morgan fingerprint density at radius 2 is 1.97 bits per heavy atom. The van der Waals surface area contributed by atoms with Crippen molar-refractivity contribution in [2.45, 2.75) is 44.4 Å². The molecule has 1 aromatic carbocycles. The van der Waals surface area contributed by atoms with Crippen LogP contribution in [0.1, 0.15) is 29.6 Å². The van der Waals surface area contributed by atoms with Crippen molar-refractivity contribution in [3.8, 4) is 6.07 Å². The van der Waals surface area contributed by atoms with E-state index in [-0.39, 0.29) is 24.7 Å². The molecule has 150 valence electrons. The molecule has 0 radical (unpaired) electrons. The van der Waals surface area contributed by atoms with Gasteiger partial charge >= 0.3 is 0 Å². The van der Waals surface area contributed by atoms with Gasteiger partial charge in [-0.1, -0.05) is 11.8 Å². The largest absolute Gasteiger partial charge is 0.310 e. The summed E-state index contributed by atoms with van der Waals surface area (Å²) in [6, 6.07) is 7.81. The molecule has 5 nitrogen and oxygen atoms in total. The van der Waals surface area contributed by atoms with Gasteiger partial charge in [0, 0.05) is 22.5 Å². The van der Waals surface area contributed by atoms with Gasteiger partial charge in [-0.2, -0.15) is 5.26 Å². The Kier molecular flexibility index (Phi) is 6.50. The first-order valence-corrected chi connectivity index (χ1v) is 10.9. The van der Waals surface area contributed by atoms with Crippen molar-refractivity contribution in [1.82, 2.24) is 9.97 Å². The zero-order valence-corrected chi connectivity index (χ0v) is 18.3. The Morgan fingerprint density at radius 1 is 1.28 bits per heavy atom. The molecule has 1 unspecified atom stereocenters. The number of thiophene rings is 1. The van der Waals surface area contributed by atoms with Crippen molar-refractivity contribution < 1.29 is 9.18 Å². The Labute approximate surface area is 177 Å². The molecule has 29 heavy (non-hydrogen) atoms. The second-order valence-electron chi connectivity index (χ2n) is 6.67. The van der Waals surface area contributed by atoms with E-state index in [1.54, 1.807) is 23.5 Å². The van der Waals surface area contributed by atoms with Crippen molar-refractivity contribution >= 4 is 44.9 Å². The lowest BCUT2D eigenvalue weighted by atomic mass is 10.2. The van der Waals surface area contributed by atoms with Crippen LogP contribution in [0.5, 0.6) is 0 Å². The van der Waals surface area contributed by atoms with Crippen LogP contribution in [0.2, 0.25) is 0 Å². The van der Waals surface area contributed by atoms with Gasteiger partial charge in [0.25, 0.3) is 0 Å². The van der Waals surface area contributed by atoms with E-state index < -0.39 is 5.25 Å². The first-order chi connectivity index (χ1) is 13.8. The molecule has 0 aliphatic carbocycles. The van der Waals surface area contributed by atoms with Gasteiger partial charge in [-0.3, -0.25) is 4.79 Å². The summed E-state index contributed by atoms with van der Waals surface area (Å²) in [5, 5.41) is 10.3. The SMILES string of the molecule is Cc1nc(SC(C)C(=O)N(CCC#N)c2ccc(F)cc2)c2c(C)c(C)sc2n1. The Hall–Kier alpha value is -2.50. The highest BCUT2D eigenvalue weighted by atomic mass is 32.2. The third-order valence-corrected chi connectivity index (χ3v) is 6.77. The number of thioether (sulfide) groups is 1. The lowest BCUT2D eigenvalue weighted by molar-refractivity contribution is -0.117. The standard InChI is InChI=1S/C21H21FN4OS2/c1-12-13(2)28-19-18(12)20(25-15(4)24-19)29-14(3)21(27)26(11-5-10-23)17-8-6-16(22)7-9-17/h6-9,14H,5,11H2,1-4H3. The molecule has 0 bridgehead atoms. The summed E-state index contributed by atoms with van der Waals surface area (Å²) in [7, 11) is 0. The van der Waals surface area contributed by atoms with Gasteiger partial charge in [0.15, 0.2) is 0 Å².